The van der Waals surface area contributed by atoms with E-state index < -0.39 is 0 Å². The first-order chi connectivity index (χ1) is 8.70. The first-order valence-corrected chi connectivity index (χ1v) is 7.12. The van der Waals surface area contributed by atoms with Crippen LogP contribution in [-0.2, 0) is 5.54 Å². The van der Waals surface area contributed by atoms with Crippen molar-refractivity contribution in [3.8, 4) is 5.75 Å². The second kappa shape index (κ2) is 5.75. The Morgan fingerprint density at radius 1 is 1.33 bits per heavy atom. The van der Waals surface area contributed by atoms with Crippen molar-refractivity contribution in [2.24, 2.45) is 5.92 Å². The Labute approximate surface area is 111 Å². The Bertz CT molecular complexity index is 380. The molecule has 1 fully saturated rings. The van der Waals surface area contributed by atoms with E-state index in [1.807, 2.05) is 13.0 Å². The molecular weight excluding hydrogens is 222 g/mol. The lowest BCUT2D eigenvalue weighted by atomic mass is 9.73. The predicted octanol–water partition coefficient (Wildman–Crippen LogP) is 3.71. The van der Waals surface area contributed by atoms with Gasteiger partial charge in [0, 0.05) is 5.54 Å². The topological polar surface area (TPSA) is 21.3 Å². The van der Waals surface area contributed by atoms with E-state index in [4.69, 9.17) is 4.74 Å². The van der Waals surface area contributed by atoms with Gasteiger partial charge in [0.1, 0.15) is 5.75 Å². The highest BCUT2D eigenvalue weighted by Crippen LogP contribution is 2.39. The highest BCUT2D eigenvalue weighted by Gasteiger charge is 2.34. The summed E-state index contributed by atoms with van der Waals surface area (Å²) >= 11 is 0. The van der Waals surface area contributed by atoms with E-state index in [0.717, 1.165) is 18.3 Å². The summed E-state index contributed by atoms with van der Waals surface area (Å²) in [7, 11) is 2.09. The molecule has 0 spiro atoms. The fourth-order valence-corrected chi connectivity index (χ4v) is 2.99. The minimum atomic E-state index is 0.152. The van der Waals surface area contributed by atoms with Crippen molar-refractivity contribution in [3.05, 3.63) is 29.8 Å². The minimum absolute atomic E-state index is 0.152. The summed E-state index contributed by atoms with van der Waals surface area (Å²) in [5, 5.41) is 3.57. The van der Waals surface area contributed by atoms with Crippen molar-refractivity contribution in [1.82, 2.24) is 5.32 Å². The predicted molar refractivity (Wildman–Crippen MR) is 76.0 cm³/mol. The third-order valence-electron chi connectivity index (χ3n) is 4.30. The average molecular weight is 247 g/mol. The van der Waals surface area contributed by atoms with Gasteiger partial charge in [0.15, 0.2) is 0 Å². The zero-order chi connectivity index (χ0) is 13.0. The van der Waals surface area contributed by atoms with Crippen molar-refractivity contribution in [2.45, 2.75) is 45.1 Å². The molecule has 1 aliphatic carbocycles. The van der Waals surface area contributed by atoms with Gasteiger partial charge in [0.05, 0.1) is 6.61 Å². The average Bonchev–Trinajstić information content (AvgIpc) is 2.41. The number of benzene rings is 1. The van der Waals surface area contributed by atoms with E-state index in [1.54, 1.807) is 0 Å². The summed E-state index contributed by atoms with van der Waals surface area (Å²) in [6.07, 6.45) is 5.06. The van der Waals surface area contributed by atoms with Gasteiger partial charge in [0.2, 0.25) is 0 Å². The maximum absolute atomic E-state index is 5.62. The maximum Gasteiger partial charge on any atom is 0.119 e. The van der Waals surface area contributed by atoms with Crippen LogP contribution in [0, 0.1) is 5.92 Å². The first-order valence-electron chi connectivity index (χ1n) is 7.12. The molecule has 1 N–H and O–H groups in total. The highest BCUT2D eigenvalue weighted by molar-refractivity contribution is 5.34. The van der Waals surface area contributed by atoms with Crippen LogP contribution in [0.1, 0.15) is 45.1 Å². The van der Waals surface area contributed by atoms with Gasteiger partial charge in [0.25, 0.3) is 0 Å². The van der Waals surface area contributed by atoms with Crippen LogP contribution in [-0.4, -0.2) is 13.7 Å². The summed E-state index contributed by atoms with van der Waals surface area (Å²) in [4.78, 5) is 0. The van der Waals surface area contributed by atoms with Gasteiger partial charge in [-0.05, 0) is 63.3 Å². The fraction of sp³-hybridized carbons (Fsp3) is 0.625. The first kappa shape index (κ1) is 13.4. The Morgan fingerprint density at radius 2 is 2.06 bits per heavy atom. The molecule has 0 radical (unpaired) electrons. The van der Waals surface area contributed by atoms with Gasteiger partial charge in [-0.15, -0.1) is 0 Å². The fourth-order valence-electron chi connectivity index (χ4n) is 2.99. The Hall–Kier alpha value is -1.02. The number of rotatable bonds is 4. The van der Waals surface area contributed by atoms with Gasteiger partial charge in [-0.1, -0.05) is 19.1 Å². The van der Waals surface area contributed by atoms with E-state index in [-0.39, 0.29) is 5.54 Å². The number of hydrogen-bond donors (Lipinski definition) is 1. The summed E-state index contributed by atoms with van der Waals surface area (Å²) < 4.78 is 5.62. The second-order valence-electron chi connectivity index (χ2n) is 5.48. The Kier molecular flexibility index (Phi) is 4.28. The second-order valence-corrected chi connectivity index (χ2v) is 5.48. The summed E-state index contributed by atoms with van der Waals surface area (Å²) in [5.74, 6) is 1.85. The molecule has 2 nitrogen and oxygen atoms in total. The van der Waals surface area contributed by atoms with E-state index in [9.17, 15) is 0 Å². The molecule has 1 saturated carbocycles. The van der Waals surface area contributed by atoms with Crippen LogP contribution in [0.3, 0.4) is 0 Å². The minimum Gasteiger partial charge on any atom is -0.494 e. The van der Waals surface area contributed by atoms with Crippen LogP contribution in [0.2, 0.25) is 0 Å². The quantitative estimate of drug-likeness (QED) is 0.875. The Morgan fingerprint density at radius 3 is 2.67 bits per heavy atom. The smallest absolute Gasteiger partial charge is 0.119 e. The van der Waals surface area contributed by atoms with Crippen LogP contribution in [0.4, 0.5) is 0 Å². The highest BCUT2D eigenvalue weighted by atomic mass is 16.5. The number of hydrogen-bond acceptors (Lipinski definition) is 2. The van der Waals surface area contributed by atoms with Gasteiger partial charge in [-0.3, -0.25) is 0 Å². The molecule has 18 heavy (non-hydrogen) atoms. The van der Waals surface area contributed by atoms with Crippen molar-refractivity contribution in [2.75, 3.05) is 13.7 Å². The van der Waals surface area contributed by atoms with E-state index >= 15 is 0 Å². The maximum atomic E-state index is 5.62. The lowest BCUT2D eigenvalue weighted by molar-refractivity contribution is 0.208. The van der Waals surface area contributed by atoms with Gasteiger partial charge in [-0.25, -0.2) is 0 Å². The monoisotopic (exact) mass is 247 g/mol. The molecule has 1 aliphatic rings. The lowest BCUT2D eigenvalue weighted by Crippen LogP contribution is -2.42. The largest absolute Gasteiger partial charge is 0.494 e. The molecule has 1 aromatic rings. The van der Waals surface area contributed by atoms with Crippen LogP contribution in [0.5, 0.6) is 5.75 Å². The molecule has 0 heterocycles. The summed E-state index contributed by atoms with van der Waals surface area (Å²) in [6, 6.07) is 8.59. The summed E-state index contributed by atoms with van der Waals surface area (Å²) in [5.41, 5.74) is 1.53. The molecule has 0 bridgehead atoms. The third-order valence-corrected chi connectivity index (χ3v) is 4.30. The molecule has 0 saturated heterocycles. The van der Waals surface area contributed by atoms with E-state index in [0.29, 0.717) is 0 Å². The normalized spacial score (nSPS) is 28.1. The van der Waals surface area contributed by atoms with Crippen LogP contribution >= 0.6 is 0 Å². The van der Waals surface area contributed by atoms with Gasteiger partial charge < -0.3 is 10.1 Å². The zero-order valence-corrected chi connectivity index (χ0v) is 11.8. The van der Waals surface area contributed by atoms with Crippen molar-refractivity contribution in [1.29, 1.82) is 0 Å². The molecule has 2 rings (SSSR count). The lowest BCUT2D eigenvalue weighted by Gasteiger charge is -2.40. The molecule has 0 atom stereocenters. The molecular formula is C16H25NO. The van der Waals surface area contributed by atoms with Crippen LogP contribution in [0.25, 0.3) is 0 Å². The van der Waals surface area contributed by atoms with Crippen LogP contribution in [0.15, 0.2) is 24.3 Å². The third kappa shape index (κ3) is 2.69. The molecule has 2 heteroatoms. The van der Waals surface area contributed by atoms with Crippen molar-refractivity contribution in [3.63, 3.8) is 0 Å². The molecule has 0 aliphatic heterocycles. The molecule has 1 aromatic carbocycles. The number of nitrogens with one attached hydrogen (secondary N) is 1. The van der Waals surface area contributed by atoms with Gasteiger partial charge in [-0.2, -0.15) is 0 Å². The molecule has 0 amide bonds. The standard InChI is InChI=1S/C16H25NO/c1-4-18-15-7-5-6-14(12-15)16(17-3)10-8-13(2)9-11-16/h5-7,12-13,17H,4,8-11H2,1-3H3. The van der Waals surface area contributed by atoms with E-state index in [2.05, 4.69) is 37.5 Å². The number of ether oxygens (including phenoxy) is 1. The molecule has 0 unspecified atom stereocenters. The Balaban J connectivity index is 2.24. The van der Waals surface area contributed by atoms with Gasteiger partial charge >= 0.3 is 0 Å². The van der Waals surface area contributed by atoms with Crippen molar-refractivity contribution >= 4 is 0 Å². The molecule has 0 aromatic heterocycles. The summed E-state index contributed by atoms with van der Waals surface area (Å²) in [6.45, 7) is 5.12. The van der Waals surface area contributed by atoms with Crippen molar-refractivity contribution < 1.29 is 4.74 Å². The SMILES string of the molecule is CCOc1cccc(C2(NC)CCC(C)CC2)c1. The zero-order valence-electron chi connectivity index (χ0n) is 11.8. The van der Waals surface area contributed by atoms with E-state index in [1.165, 1.54) is 31.2 Å². The molecule has 100 valence electrons. The van der Waals surface area contributed by atoms with Crippen LogP contribution < -0.4 is 10.1 Å².